The molecule has 196 valence electrons. The third-order valence-corrected chi connectivity index (χ3v) is 6.41. The smallest absolute Gasteiger partial charge is 0.161 e. The highest BCUT2D eigenvalue weighted by Crippen LogP contribution is 2.41. The van der Waals surface area contributed by atoms with Crippen LogP contribution in [-0.4, -0.2) is 50.5 Å². The van der Waals surface area contributed by atoms with E-state index in [0.717, 1.165) is 27.1 Å². The average molecular weight is 516 g/mol. The Morgan fingerprint density at radius 1 is 0.632 bits per heavy atom. The molecule has 5 aromatic rings. The van der Waals surface area contributed by atoms with Crippen molar-refractivity contribution in [3.05, 3.63) is 72.1 Å². The molecular weight excluding hydrogens is 486 g/mol. The largest absolute Gasteiger partial charge is 0.493 e. The molecule has 4 aromatic carbocycles. The highest BCUT2D eigenvalue weighted by atomic mass is 16.5. The number of para-hydroxylation sites is 2. The molecule has 0 amide bonds. The normalized spacial score (nSPS) is 11.0. The second-order valence-corrected chi connectivity index (χ2v) is 8.56. The fourth-order valence-electron chi connectivity index (χ4n) is 4.56. The summed E-state index contributed by atoms with van der Waals surface area (Å²) in [7, 11) is 8.13. The van der Waals surface area contributed by atoms with E-state index in [9.17, 15) is 0 Å². The van der Waals surface area contributed by atoms with E-state index in [-0.39, 0.29) is 6.61 Å². The number of benzene rings is 4. The zero-order valence-electron chi connectivity index (χ0n) is 22.0. The number of hydrogen-bond acceptors (Lipinski definition) is 8. The molecular formula is C29H29N3O6. The number of methoxy groups -OCH3 is 5. The molecule has 0 radical (unpaired) electrons. The summed E-state index contributed by atoms with van der Waals surface area (Å²) in [6, 6.07) is 17.6. The fraction of sp³-hybridized carbons (Fsp3) is 0.241. The van der Waals surface area contributed by atoms with Crippen molar-refractivity contribution < 1.29 is 28.4 Å². The van der Waals surface area contributed by atoms with Crippen LogP contribution in [0.25, 0.3) is 21.5 Å². The zero-order valence-corrected chi connectivity index (χ0v) is 22.0. The van der Waals surface area contributed by atoms with E-state index in [4.69, 9.17) is 28.4 Å². The molecule has 5 rings (SSSR count). The lowest BCUT2D eigenvalue weighted by Crippen LogP contribution is -2.02. The van der Waals surface area contributed by atoms with Gasteiger partial charge in [-0.1, -0.05) is 17.3 Å². The van der Waals surface area contributed by atoms with Crippen molar-refractivity contribution in [3.63, 3.8) is 0 Å². The Bertz CT molecular complexity index is 1600. The molecule has 1 heterocycles. The molecule has 0 fully saturated rings. The Morgan fingerprint density at radius 2 is 1.21 bits per heavy atom. The van der Waals surface area contributed by atoms with Gasteiger partial charge < -0.3 is 28.4 Å². The fourth-order valence-corrected chi connectivity index (χ4v) is 4.56. The van der Waals surface area contributed by atoms with Crippen molar-refractivity contribution in [3.8, 4) is 34.5 Å². The van der Waals surface area contributed by atoms with E-state index in [1.807, 2.05) is 54.7 Å². The number of hydrogen-bond donors (Lipinski definition) is 0. The van der Waals surface area contributed by atoms with Gasteiger partial charge in [-0.25, -0.2) is 4.68 Å². The van der Waals surface area contributed by atoms with Crippen molar-refractivity contribution >= 4 is 21.5 Å². The Labute approximate surface area is 220 Å². The molecule has 9 heteroatoms. The molecule has 0 aliphatic heterocycles. The van der Waals surface area contributed by atoms with Gasteiger partial charge in [-0.15, -0.1) is 5.10 Å². The van der Waals surface area contributed by atoms with Gasteiger partial charge in [-0.2, -0.15) is 0 Å². The molecule has 0 aliphatic carbocycles. The summed E-state index contributed by atoms with van der Waals surface area (Å²) in [5, 5.41) is 12.7. The summed E-state index contributed by atoms with van der Waals surface area (Å²) in [6.45, 7) is 0.749. The number of nitrogens with zero attached hydrogens (tertiary/aromatic N) is 3. The van der Waals surface area contributed by atoms with Gasteiger partial charge in [0.2, 0.25) is 0 Å². The maximum atomic E-state index is 5.91. The summed E-state index contributed by atoms with van der Waals surface area (Å²) >= 11 is 0. The number of fused-ring (bicyclic) bond motifs is 3. The molecule has 0 bridgehead atoms. The van der Waals surface area contributed by atoms with Gasteiger partial charge in [0.1, 0.15) is 12.3 Å². The van der Waals surface area contributed by atoms with Gasteiger partial charge in [-0.05, 0) is 69.6 Å². The summed E-state index contributed by atoms with van der Waals surface area (Å²) in [5.74, 6) is 3.91. The van der Waals surface area contributed by atoms with Crippen molar-refractivity contribution in [1.29, 1.82) is 0 Å². The van der Waals surface area contributed by atoms with E-state index < -0.39 is 0 Å². The van der Waals surface area contributed by atoms with Crippen LogP contribution in [0, 0.1) is 0 Å². The van der Waals surface area contributed by atoms with Gasteiger partial charge in [0.25, 0.3) is 0 Å². The van der Waals surface area contributed by atoms with Gasteiger partial charge in [0, 0.05) is 0 Å². The third-order valence-electron chi connectivity index (χ3n) is 6.41. The molecule has 0 saturated carbocycles. The van der Waals surface area contributed by atoms with Crippen LogP contribution in [0.4, 0.5) is 0 Å². The van der Waals surface area contributed by atoms with Crippen LogP contribution in [0.3, 0.4) is 0 Å². The minimum atomic E-state index is 0.265. The monoisotopic (exact) mass is 515 g/mol. The van der Waals surface area contributed by atoms with Crippen LogP contribution < -0.4 is 28.4 Å². The van der Waals surface area contributed by atoms with Gasteiger partial charge >= 0.3 is 0 Å². The maximum Gasteiger partial charge on any atom is 0.161 e. The highest BCUT2D eigenvalue weighted by molar-refractivity contribution is 6.11. The Balaban J connectivity index is 1.54. The molecule has 1 aromatic heterocycles. The maximum absolute atomic E-state index is 5.91. The van der Waals surface area contributed by atoms with Crippen LogP contribution in [0.1, 0.15) is 11.3 Å². The molecule has 38 heavy (non-hydrogen) atoms. The minimum Gasteiger partial charge on any atom is -0.493 e. The summed E-state index contributed by atoms with van der Waals surface area (Å²) in [4.78, 5) is 0. The Kier molecular flexibility index (Phi) is 7.08. The lowest BCUT2D eigenvalue weighted by atomic mass is 9.96. The topological polar surface area (TPSA) is 86.1 Å². The van der Waals surface area contributed by atoms with E-state index in [2.05, 4.69) is 16.4 Å². The predicted octanol–water partition coefficient (Wildman–Crippen LogP) is 5.25. The van der Waals surface area contributed by atoms with Crippen molar-refractivity contribution in [1.82, 2.24) is 15.0 Å². The van der Waals surface area contributed by atoms with Crippen LogP contribution in [0.15, 0.2) is 60.8 Å². The van der Waals surface area contributed by atoms with Gasteiger partial charge in [0.05, 0.1) is 48.3 Å². The van der Waals surface area contributed by atoms with Crippen LogP contribution in [0.2, 0.25) is 0 Å². The highest BCUT2D eigenvalue weighted by Gasteiger charge is 2.16. The first-order chi connectivity index (χ1) is 18.6. The lowest BCUT2D eigenvalue weighted by molar-refractivity contribution is 0.280. The molecule has 0 saturated heterocycles. The summed E-state index contributed by atoms with van der Waals surface area (Å²) < 4.78 is 35.4. The van der Waals surface area contributed by atoms with E-state index in [1.165, 1.54) is 0 Å². The van der Waals surface area contributed by atoms with Gasteiger partial charge in [0.15, 0.2) is 34.5 Å². The number of rotatable bonds is 10. The number of aromatic nitrogens is 3. The minimum absolute atomic E-state index is 0.265. The van der Waals surface area contributed by atoms with E-state index in [1.54, 1.807) is 40.2 Å². The van der Waals surface area contributed by atoms with Crippen molar-refractivity contribution in [2.24, 2.45) is 0 Å². The second-order valence-electron chi connectivity index (χ2n) is 8.56. The van der Waals surface area contributed by atoms with Gasteiger partial charge in [-0.3, -0.25) is 0 Å². The average Bonchev–Trinajstić information content (AvgIpc) is 3.41. The summed E-state index contributed by atoms with van der Waals surface area (Å²) in [5.41, 5.74) is 1.73. The molecule has 0 N–H and O–H groups in total. The zero-order chi connectivity index (χ0) is 26.6. The molecule has 0 spiro atoms. The van der Waals surface area contributed by atoms with Crippen LogP contribution >= 0.6 is 0 Å². The third kappa shape index (κ3) is 4.70. The second kappa shape index (κ2) is 10.8. The lowest BCUT2D eigenvalue weighted by Gasteiger charge is -2.16. The van der Waals surface area contributed by atoms with E-state index in [0.29, 0.717) is 46.7 Å². The van der Waals surface area contributed by atoms with E-state index >= 15 is 0 Å². The Morgan fingerprint density at radius 3 is 1.87 bits per heavy atom. The standard InChI is InChI=1S/C29H29N3O6/c1-33-24-8-6-7-9-25(24)38-17-20-16-32(31-30-20)15-19-10-18-11-26(34-2)27(35-3)12-21(18)23-14-29(37-5)28(36-4)13-22(19)23/h6-14,16H,15,17H2,1-5H3. The molecule has 0 atom stereocenters. The molecule has 0 aliphatic rings. The first-order valence-electron chi connectivity index (χ1n) is 12.0. The van der Waals surface area contributed by atoms with Crippen LogP contribution in [-0.2, 0) is 13.2 Å². The van der Waals surface area contributed by atoms with Crippen molar-refractivity contribution in [2.45, 2.75) is 13.2 Å². The SMILES string of the molecule is COc1cc2cc(Cn3cc(COc4ccccc4OC)nn3)c3cc(OC)c(OC)cc3c2cc1OC. The molecule has 9 nitrogen and oxygen atoms in total. The number of ether oxygens (including phenoxy) is 6. The Hall–Kier alpha value is -4.66. The predicted molar refractivity (Wildman–Crippen MR) is 144 cm³/mol. The first-order valence-corrected chi connectivity index (χ1v) is 12.0. The van der Waals surface area contributed by atoms with Crippen LogP contribution in [0.5, 0.6) is 34.5 Å². The summed E-state index contributed by atoms with van der Waals surface area (Å²) in [6.07, 6.45) is 1.88. The first kappa shape index (κ1) is 25.0. The van der Waals surface area contributed by atoms with Crippen molar-refractivity contribution in [2.75, 3.05) is 35.5 Å². The quantitative estimate of drug-likeness (QED) is 0.233. The molecule has 0 unspecified atom stereocenters.